The Bertz CT molecular complexity index is 570. The first-order chi connectivity index (χ1) is 10.7. The zero-order valence-corrected chi connectivity index (χ0v) is 13.6. The van der Waals surface area contributed by atoms with Crippen molar-refractivity contribution in [2.75, 3.05) is 18.6 Å². The Balaban J connectivity index is 3.13. The van der Waals surface area contributed by atoms with E-state index in [0.29, 0.717) is 23.3 Å². The van der Waals surface area contributed by atoms with Crippen LogP contribution in [0.15, 0.2) is 6.20 Å². The summed E-state index contributed by atoms with van der Waals surface area (Å²) >= 11 is 0. The van der Waals surface area contributed by atoms with Gasteiger partial charge in [0.2, 0.25) is 11.8 Å². The average Bonchev–Trinajstić information content (AvgIpc) is 2.43. The van der Waals surface area contributed by atoms with Gasteiger partial charge in [-0.2, -0.15) is 4.98 Å². The fraction of sp³-hybridized carbons (Fsp3) is 0.571. The van der Waals surface area contributed by atoms with Crippen LogP contribution in [0.25, 0.3) is 0 Å². The van der Waals surface area contributed by atoms with Crippen molar-refractivity contribution in [3.05, 3.63) is 11.8 Å². The summed E-state index contributed by atoms with van der Waals surface area (Å²) in [4.78, 5) is 31.5. The molecule has 2 amide bonds. The van der Waals surface area contributed by atoms with E-state index in [1.807, 2.05) is 0 Å². The lowest BCUT2D eigenvalue weighted by Gasteiger charge is -2.23. The maximum atomic E-state index is 12.0. The standard InChI is InChI=1S/C14H21N3O6/c1-14(2,3)23-13(21)17(12(19)20)11-15-8-9(6-5-7-18)10(16-11)22-4/h8,18H,5-7H2,1-4H3,(H,19,20). The van der Waals surface area contributed by atoms with Crippen molar-refractivity contribution in [2.45, 2.75) is 39.2 Å². The molecule has 0 spiro atoms. The van der Waals surface area contributed by atoms with E-state index in [0.717, 1.165) is 0 Å². The molecule has 0 aliphatic rings. The number of aryl methyl sites for hydroxylation is 1. The molecule has 0 saturated heterocycles. The summed E-state index contributed by atoms with van der Waals surface area (Å²) in [6, 6.07) is 0. The van der Waals surface area contributed by atoms with Crippen LogP contribution in [-0.4, -0.2) is 51.7 Å². The zero-order chi connectivity index (χ0) is 17.6. The monoisotopic (exact) mass is 327 g/mol. The van der Waals surface area contributed by atoms with Gasteiger partial charge in [-0.15, -0.1) is 4.90 Å². The number of aliphatic hydroxyl groups is 1. The van der Waals surface area contributed by atoms with E-state index in [4.69, 9.17) is 14.6 Å². The molecule has 9 nitrogen and oxygen atoms in total. The van der Waals surface area contributed by atoms with E-state index in [1.54, 1.807) is 20.8 Å². The molecule has 0 fully saturated rings. The molecule has 23 heavy (non-hydrogen) atoms. The van der Waals surface area contributed by atoms with Crippen LogP contribution in [0.4, 0.5) is 15.5 Å². The molecule has 1 aromatic heterocycles. The van der Waals surface area contributed by atoms with E-state index in [1.165, 1.54) is 13.3 Å². The summed E-state index contributed by atoms with van der Waals surface area (Å²) in [6.07, 6.45) is -0.371. The second-order valence-electron chi connectivity index (χ2n) is 5.63. The minimum absolute atomic E-state index is 0.00986. The number of hydrogen-bond acceptors (Lipinski definition) is 7. The Hall–Kier alpha value is -2.42. The highest BCUT2D eigenvalue weighted by Crippen LogP contribution is 2.21. The number of aromatic nitrogens is 2. The number of carbonyl (C=O) groups is 2. The van der Waals surface area contributed by atoms with Crippen molar-refractivity contribution >= 4 is 18.1 Å². The number of hydrogen-bond donors (Lipinski definition) is 2. The number of carboxylic acid groups (broad SMARTS) is 1. The van der Waals surface area contributed by atoms with Crippen LogP contribution in [0.1, 0.15) is 32.8 Å². The van der Waals surface area contributed by atoms with Gasteiger partial charge in [0.05, 0.1) is 7.11 Å². The molecule has 0 aliphatic carbocycles. The third kappa shape index (κ3) is 5.37. The lowest BCUT2D eigenvalue weighted by molar-refractivity contribution is 0.0579. The fourth-order valence-electron chi connectivity index (χ4n) is 1.66. The van der Waals surface area contributed by atoms with Crippen molar-refractivity contribution in [1.82, 2.24) is 9.97 Å². The van der Waals surface area contributed by atoms with Crippen LogP contribution in [0.5, 0.6) is 5.88 Å². The van der Waals surface area contributed by atoms with Gasteiger partial charge in [0.25, 0.3) is 0 Å². The van der Waals surface area contributed by atoms with Crippen LogP contribution in [-0.2, 0) is 11.2 Å². The average molecular weight is 327 g/mol. The summed E-state index contributed by atoms with van der Waals surface area (Å²) in [5, 5.41) is 18.1. The lowest BCUT2D eigenvalue weighted by atomic mass is 10.2. The van der Waals surface area contributed by atoms with Crippen LogP contribution in [0, 0.1) is 0 Å². The van der Waals surface area contributed by atoms with Gasteiger partial charge in [0, 0.05) is 18.4 Å². The van der Waals surface area contributed by atoms with E-state index in [-0.39, 0.29) is 18.4 Å². The van der Waals surface area contributed by atoms with Gasteiger partial charge in [0.1, 0.15) is 5.60 Å². The molecule has 1 heterocycles. The maximum Gasteiger partial charge on any atom is 0.427 e. The Kier molecular flexibility index (Phi) is 6.26. The second-order valence-corrected chi connectivity index (χ2v) is 5.63. The predicted octanol–water partition coefficient (Wildman–Crippen LogP) is 1.83. The SMILES string of the molecule is COc1nc(N(C(=O)O)C(=O)OC(C)(C)C)ncc1CCCO. The first kappa shape index (κ1) is 18.6. The highest BCUT2D eigenvalue weighted by molar-refractivity contribution is 6.07. The Morgan fingerprint density at radius 3 is 2.48 bits per heavy atom. The largest absolute Gasteiger partial charge is 0.481 e. The molecule has 0 aliphatic heterocycles. The molecule has 1 rings (SSSR count). The quantitative estimate of drug-likeness (QED) is 0.840. The van der Waals surface area contributed by atoms with E-state index in [9.17, 15) is 14.7 Å². The number of rotatable bonds is 5. The second kappa shape index (κ2) is 7.73. The van der Waals surface area contributed by atoms with Gasteiger partial charge in [-0.05, 0) is 33.6 Å². The molecule has 0 bridgehead atoms. The van der Waals surface area contributed by atoms with Gasteiger partial charge < -0.3 is 19.7 Å². The molecule has 0 saturated carbocycles. The minimum atomic E-state index is -1.57. The maximum absolute atomic E-state index is 12.0. The summed E-state index contributed by atoms with van der Waals surface area (Å²) in [6.45, 7) is 4.84. The molecular formula is C14H21N3O6. The molecular weight excluding hydrogens is 306 g/mol. The summed E-state index contributed by atoms with van der Waals surface area (Å²) < 4.78 is 10.1. The third-order valence-corrected chi connectivity index (χ3v) is 2.58. The molecule has 0 atom stereocenters. The van der Waals surface area contributed by atoms with Crippen LogP contribution < -0.4 is 9.64 Å². The van der Waals surface area contributed by atoms with Gasteiger partial charge in [-0.3, -0.25) is 0 Å². The first-order valence-electron chi connectivity index (χ1n) is 6.96. The van der Waals surface area contributed by atoms with Crippen molar-refractivity contribution in [1.29, 1.82) is 0 Å². The number of imide groups is 1. The Morgan fingerprint density at radius 2 is 2.00 bits per heavy atom. The number of aliphatic hydroxyl groups excluding tert-OH is 1. The topological polar surface area (TPSA) is 122 Å². The fourth-order valence-corrected chi connectivity index (χ4v) is 1.66. The molecule has 1 aromatic rings. The summed E-state index contributed by atoms with van der Waals surface area (Å²) in [5.41, 5.74) is -0.268. The molecule has 0 aromatic carbocycles. The van der Waals surface area contributed by atoms with E-state index < -0.39 is 17.8 Å². The van der Waals surface area contributed by atoms with Gasteiger partial charge >= 0.3 is 12.2 Å². The molecule has 128 valence electrons. The highest BCUT2D eigenvalue weighted by atomic mass is 16.6. The number of anilines is 1. The number of ether oxygens (including phenoxy) is 2. The van der Waals surface area contributed by atoms with Crippen molar-refractivity contribution in [2.24, 2.45) is 0 Å². The number of carbonyl (C=O) groups excluding carboxylic acids is 1. The van der Waals surface area contributed by atoms with Gasteiger partial charge in [-0.25, -0.2) is 14.6 Å². The molecule has 2 N–H and O–H groups in total. The smallest absolute Gasteiger partial charge is 0.427 e. The van der Waals surface area contributed by atoms with Crippen LogP contribution >= 0.6 is 0 Å². The number of nitrogens with zero attached hydrogens (tertiary/aromatic N) is 3. The molecule has 0 unspecified atom stereocenters. The lowest BCUT2D eigenvalue weighted by Crippen LogP contribution is -2.41. The number of amides is 2. The van der Waals surface area contributed by atoms with Crippen molar-refractivity contribution in [3.8, 4) is 5.88 Å². The Labute approximate surface area is 133 Å². The Morgan fingerprint density at radius 1 is 1.35 bits per heavy atom. The number of methoxy groups -OCH3 is 1. The predicted molar refractivity (Wildman–Crippen MR) is 80.7 cm³/mol. The van der Waals surface area contributed by atoms with Crippen molar-refractivity contribution < 1.29 is 29.3 Å². The van der Waals surface area contributed by atoms with E-state index >= 15 is 0 Å². The highest BCUT2D eigenvalue weighted by Gasteiger charge is 2.31. The van der Waals surface area contributed by atoms with Gasteiger partial charge in [-0.1, -0.05) is 0 Å². The van der Waals surface area contributed by atoms with Crippen LogP contribution in [0.3, 0.4) is 0 Å². The van der Waals surface area contributed by atoms with Crippen LogP contribution in [0.2, 0.25) is 0 Å². The van der Waals surface area contributed by atoms with Gasteiger partial charge in [0.15, 0.2) is 0 Å². The van der Waals surface area contributed by atoms with Crippen molar-refractivity contribution in [3.63, 3.8) is 0 Å². The molecule has 9 heteroatoms. The molecule has 0 radical (unpaired) electrons. The normalized spacial score (nSPS) is 11.0. The third-order valence-electron chi connectivity index (χ3n) is 2.58. The minimum Gasteiger partial charge on any atom is -0.481 e. The first-order valence-corrected chi connectivity index (χ1v) is 6.96. The summed E-state index contributed by atoms with van der Waals surface area (Å²) in [7, 11) is 1.37. The zero-order valence-electron chi connectivity index (χ0n) is 13.6. The van der Waals surface area contributed by atoms with E-state index in [2.05, 4.69) is 9.97 Å². The summed E-state index contributed by atoms with van der Waals surface area (Å²) in [5.74, 6) is -0.227.